The first-order valence-corrected chi connectivity index (χ1v) is 8.11. The van der Waals surface area contributed by atoms with Crippen LogP contribution in [0.3, 0.4) is 0 Å². The molecule has 0 saturated carbocycles. The molecule has 0 aliphatic rings. The summed E-state index contributed by atoms with van der Waals surface area (Å²) in [4.78, 5) is 26.2. The SMILES string of the molecule is COc1ccc(OC)c(NC(=O)C(C)N(C)CC(=O)NC(C)(C)C)c1. The number of carbonyl (C=O) groups is 2. The first kappa shape index (κ1) is 20.8. The van der Waals surface area contributed by atoms with E-state index in [0.29, 0.717) is 17.2 Å². The fourth-order valence-electron chi connectivity index (χ4n) is 2.17. The lowest BCUT2D eigenvalue weighted by molar-refractivity contribution is -0.125. The Labute approximate surface area is 149 Å². The van der Waals surface area contributed by atoms with Crippen molar-refractivity contribution >= 4 is 17.5 Å². The highest BCUT2D eigenvalue weighted by Crippen LogP contribution is 2.29. The first-order chi connectivity index (χ1) is 11.6. The van der Waals surface area contributed by atoms with Crippen LogP contribution in [0, 0.1) is 0 Å². The number of amides is 2. The van der Waals surface area contributed by atoms with Gasteiger partial charge < -0.3 is 20.1 Å². The molecule has 0 saturated heterocycles. The predicted molar refractivity (Wildman–Crippen MR) is 98.2 cm³/mol. The van der Waals surface area contributed by atoms with Crippen LogP contribution in [0.5, 0.6) is 11.5 Å². The number of methoxy groups -OCH3 is 2. The Morgan fingerprint density at radius 3 is 2.36 bits per heavy atom. The van der Waals surface area contributed by atoms with Gasteiger partial charge >= 0.3 is 0 Å². The van der Waals surface area contributed by atoms with Gasteiger partial charge in [0.25, 0.3) is 0 Å². The zero-order valence-corrected chi connectivity index (χ0v) is 16.1. The van der Waals surface area contributed by atoms with E-state index in [1.807, 2.05) is 20.8 Å². The second-order valence-corrected chi connectivity index (χ2v) is 6.94. The summed E-state index contributed by atoms with van der Waals surface area (Å²) in [6.45, 7) is 7.61. The lowest BCUT2D eigenvalue weighted by Crippen LogP contribution is -2.49. The molecular formula is C18H29N3O4. The Bertz CT molecular complexity index is 611. The second-order valence-electron chi connectivity index (χ2n) is 6.94. The van der Waals surface area contributed by atoms with E-state index in [-0.39, 0.29) is 23.9 Å². The van der Waals surface area contributed by atoms with Gasteiger partial charge in [0.1, 0.15) is 11.5 Å². The third kappa shape index (κ3) is 6.62. The van der Waals surface area contributed by atoms with E-state index in [1.165, 1.54) is 7.11 Å². The number of nitrogens with one attached hydrogen (secondary N) is 2. The highest BCUT2D eigenvalue weighted by Gasteiger charge is 2.23. The molecule has 0 aliphatic carbocycles. The Hall–Kier alpha value is -2.28. The summed E-state index contributed by atoms with van der Waals surface area (Å²) >= 11 is 0. The molecule has 0 fully saturated rings. The third-order valence-corrected chi connectivity index (χ3v) is 3.61. The third-order valence-electron chi connectivity index (χ3n) is 3.61. The van der Waals surface area contributed by atoms with E-state index >= 15 is 0 Å². The summed E-state index contributed by atoms with van der Waals surface area (Å²) in [6, 6.07) is 4.66. The van der Waals surface area contributed by atoms with E-state index < -0.39 is 6.04 Å². The van der Waals surface area contributed by atoms with Crippen molar-refractivity contribution in [3.8, 4) is 11.5 Å². The fourth-order valence-corrected chi connectivity index (χ4v) is 2.17. The van der Waals surface area contributed by atoms with Crippen LogP contribution in [0.25, 0.3) is 0 Å². The van der Waals surface area contributed by atoms with Gasteiger partial charge in [-0.2, -0.15) is 0 Å². The van der Waals surface area contributed by atoms with Crippen LogP contribution in [-0.2, 0) is 9.59 Å². The normalized spacial score (nSPS) is 12.5. The molecule has 1 rings (SSSR count). The fraction of sp³-hybridized carbons (Fsp3) is 0.556. The minimum absolute atomic E-state index is 0.126. The maximum atomic E-state index is 12.5. The number of ether oxygens (including phenoxy) is 2. The van der Waals surface area contributed by atoms with Gasteiger partial charge in [0.2, 0.25) is 11.8 Å². The zero-order chi connectivity index (χ0) is 19.2. The van der Waals surface area contributed by atoms with Crippen molar-refractivity contribution in [2.75, 3.05) is 33.1 Å². The monoisotopic (exact) mass is 351 g/mol. The van der Waals surface area contributed by atoms with Crippen LogP contribution in [0.2, 0.25) is 0 Å². The number of nitrogens with zero attached hydrogens (tertiary/aromatic N) is 1. The molecule has 0 radical (unpaired) electrons. The molecular weight excluding hydrogens is 322 g/mol. The highest BCUT2D eigenvalue weighted by molar-refractivity contribution is 5.96. The minimum atomic E-state index is -0.498. The quantitative estimate of drug-likeness (QED) is 0.784. The largest absolute Gasteiger partial charge is 0.497 e. The van der Waals surface area contributed by atoms with Crippen molar-refractivity contribution in [1.82, 2.24) is 10.2 Å². The maximum Gasteiger partial charge on any atom is 0.241 e. The molecule has 1 aromatic carbocycles. The summed E-state index contributed by atoms with van der Waals surface area (Å²) < 4.78 is 10.4. The molecule has 0 heterocycles. The van der Waals surface area contributed by atoms with Crippen molar-refractivity contribution in [3.05, 3.63) is 18.2 Å². The molecule has 7 heteroatoms. The molecule has 2 N–H and O–H groups in total. The smallest absolute Gasteiger partial charge is 0.241 e. The average Bonchev–Trinajstić information content (AvgIpc) is 2.51. The Kier molecular flexibility index (Phi) is 7.23. The number of carbonyl (C=O) groups excluding carboxylic acids is 2. The molecule has 25 heavy (non-hydrogen) atoms. The van der Waals surface area contributed by atoms with Crippen LogP contribution >= 0.6 is 0 Å². The van der Waals surface area contributed by atoms with Gasteiger partial charge in [-0.3, -0.25) is 14.5 Å². The Morgan fingerprint density at radius 2 is 1.84 bits per heavy atom. The number of hydrogen-bond donors (Lipinski definition) is 2. The Morgan fingerprint density at radius 1 is 1.20 bits per heavy atom. The molecule has 2 amide bonds. The standard InChI is InChI=1S/C18H29N3O4/c1-12(21(5)11-16(22)20-18(2,3)4)17(23)19-14-10-13(24-6)8-9-15(14)25-7/h8-10,12H,11H2,1-7H3,(H,19,23)(H,20,22). The van der Waals surface area contributed by atoms with Crippen LogP contribution in [0.15, 0.2) is 18.2 Å². The summed E-state index contributed by atoms with van der Waals surface area (Å²) in [7, 11) is 4.82. The lowest BCUT2D eigenvalue weighted by atomic mass is 10.1. The first-order valence-electron chi connectivity index (χ1n) is 8.11. The molecule has 7 nitrogen and oxygen atoms in total. The van der Waals surface area contributed by atoms with Crippen LogP contribution in [0.4, 0.5) is 5.69 Å². The topological polar surface area (TPSA) is 79.9 Å². The summed E-state index contributed by atoms with van der Waals surface area (Å²) in [6.07, 6.45) is 0. The van der Waals surface area contributed by atoms with E-state index in [9.17, 15) is 9.59 Å². The van der Waals surface area contributed by atoms with Crippen molar-refractivity contribution in [1.29, 1.82) is 0 Å². The van der Waals surface area contributed by atoms with Gasteiger partial charge in [0.15, 0.2) is 0 Å². The van der Waals surface area contributed by atoms with Gasteiger partial charge in [-0.1, -0.05) is 0 Å². The van der Waals surface area contributed by atoms with Crippen molar-refractivity contribution in [2.45, 2.75) is 39.3 Å². The Balaban J connectivity index is 2.75. The number of rotatable bonds is 7. The van der Waals surface area contributed by atoms with Crippen molar-refractivity contribution < 1.29 is 19.1 Å². The number of benzene rings is 1. The van der Waals surface area contributed by atoms with Crippen LogP contribution < -0.4 is 20.1 Å². The van der Waals surface area contributed by atoms with E-state index in [2.05, 4.69) is 10.6 Å². The minimum Gasteiger partial charge on any atom is -0.497 e. The molecule has 1 atom stereocenters. The summed E-state index contributed by atoms with van der Waals surface area (Å²) in [5.41, 5.74) is 0.212. The van der Waals surface area contributed by atoms with E-state index in [0.717, 1.165) is 0 Å². The molecule has 1 aromatic rings. The summed E-state index contributed by atoms with van der Waals surface area (Å²) in [5, 5.41) is 5.70. The number of hydrogen-bond acceptors (Lipinski definition) is 5. The van der Waals surface area contributed by atoms with Crippen LogP contribution in [-0.4, -0.2) is 56.1 Å². The highest BCUT2D eigenvalue weighted by atomic mass is 16.5. The molecule has 1 unspecified atom stereocenters. The molecule has 0 aliphatic heterocycles. The molecule has 0 aromatic heterocycles. The van der Waals surface area contributed by atoms with Gasteiger partial charge in [-0.15, -0.1) is 0 Å². The van der Waals surface area contributed by atoms with Gasteiger partial charge in [-0.05, 0) is 46.9 Å². The van der Waals surface area contributed by atoms with Gasteiger partial charge in [-0.25, -0.2) is 0 Å². The van der Waals surface area contributed by atoms with Gasteiger partial charge in [0.05, 0.1) is 32.5 Å². The second kappa shape index (κ2) is 8.71. The zero-order valence-electron chi connectivity index (χ0n) is 16.1. The van der Waals surface area contributed by atoms with Gasteiger partial charge in [0, 0.05) is 11.6 Å². The molecule has 140 valence electrons. The van der Waals surface area contributed by atoms with Crippen molar-refractivity contribution in [2.24, 2.45) is 0 Å². The summed E-state index contributed by atoms with van der Waals surface area (Å²) in [5.74, 6) is 0.780. The van der Waals surface area contributed by atoms with Crippen molar-refractivity contribution in [3.63, 3.8) is 0 Å². The van der Waals surface area contributed by atoms with E-state index in [1.54, 1.807) is 44.2 Å². The number of anilines is 1. The molecule has 0 spiro atoms. The van der Waals surface area contributed by atoms with E-state index in [4.69, 9.17) is 9.47 Å². The van der Waals surface area contributed by atoms with Crippen LogP contribution in [0.1, 0.15) is 27.7 Å². The lowest BCUT2D eigenvalue weighted by Gasteiger charge is -2.26. The maximum absolute atomic E-state index is 12.5. The molecule has 0 bridgehead atoms. The predicted octanol–water partition coefficient (Wildman–Crippen LogP) is 1.88. The average molecular weight is 351 g/mol. The number of likely N-dealkylation sites (N-methyl/N-ethyl adjacent to an activating group) is 1.